The van der Waals surface area contributed by atoms with Crippen LogP contribution in [0.15, 0.2) is 48.5 Å². The molecule has 0 saturated carbocycles. The van der Waals surface area contributed by atoms with Gasteiger partial charge in [-0.15, -0.1) is 0 Å². The molecule has 4 rings (SSSR count). The number of benzene rings is 2. The van der Waals surface area contributed by atoms with Gasteiger partial charge in [-0.25, -0.2) is 0 Å². The molecule has 1 atom stereocenters. The minimum absolute atomic E-state index is 0.0190. The zero-order valence-corrected chi connectivity index (χ0v) is 17.8. The zero-order chi connectivity index (χ0) is 21.1. The summed E-state index contributed by atoms with van der Waals surface area (Å²) in [5.74, 6) is 1.66. The fourth-order valence-corrected chi connectivity index (χ4v) is 4.23. The van der Waals surface area contributed by atoms with Crippen LogP contribution in [0.5, 0.6) is 11.5 Å². The molecule has 0 radical (unpaired) electrons. The summed E-state index contributed by atoms with van der Waals surface area (Å²) in [6, 6.07) is 15.8. The lowest BCUT2D eigenvalue weighted by molar-refractivity contribution is 0.0587. The number of methoxy groups -OCH3 is 2. The molecule has 0 N–H and O–H groups in total. The van der Waals surface area contributed by atoms with Crippen LogP contribution in [-0.2, 0) is 11.8 Å². The van der Waals surface area contributed by atoms with Crippen LogP contribution in [0, 0.1) is 0 Å². The Kier molecular flexibility index (Phi) is 5.95. The number of carbonyl (C=O) groups is 1. The number of fused-ring (bicyclic) bond motifs is 2. The summed E-state index contributed by atoms with van der Waals surface area (Å²) in [6.07, 6.45) is 1.55. The van der Waals surface area contributed by atoms with Crippen molar-refractivity contribution in [1.29, 1.82) is 0 Å². The Labute approximate surface area is 176 Å². The second kappa shape index (κ2) is 8.79. The molecule has 6 nitrogen and oxygen atoms in total. The number of nitrogens with zero attached hydrogens (tertiary/aromatic N) is 2. The average Bonchev–Trinajstić information content (AvgIpc) is 3.12. The number of hydrogen-bond donors (Lipinski definition) is 0. The van der Waals surface area contributed by atoms with Crippen LogP contribution < -0.4 is 9.47 Å². The van der Waals surface area contributed by atoms with Crippen molar-refractivity contribution in [3.05, 3.63) is 59.8 Å². The Bertz CT molecular complexity index is 1040. The van der Waals surface area contributed by atoms with Crippen LogP contribution in [0.2, 0.25) is 0 Å². The molecule has 30 heavy (non-hydrogen) atoms. The summed E-state index contributed by atoms with van der Waals surface area (Å²) in [4.78, 5) is 15.8. The quantitative estimate of drug-likeness (QED) is 0.550. The third-order valence-corrected chi connectivity index (χ3v) is 5.78. The lowest BCUT2D eigenvalue weighted by Gasteiger charge is -2.36. The molecule has 0 saturated heterocycles. The first-order valence-electron chi connectivity index (χ1n) is 10.3. The molecule has 1 aliphatic heterocycles. The van der Waals surface area contributed by atoms with Gasteiger partial charge in [0.1, 0.15) is 17.2 Å². The van der Waals surface area contributed by atoms with Gasteiger partial charge in [0.2, 0.25) is 0 Å². The van der Waals surface area contributed by atoms with Crippen molar-refractivity contribution in [2.24, 2.45) is 7.05 Å². The van der Waals surface area contributed by atoms with Crippen LogP contribution >= 0.6 is 0 Å². The first kappa shape index (κ1) is 20.3. The molecule has 1 unspecified atom stereocenters. The van der Waals surface area contributed by atoms with Crippen molar-refractivity contribution in [2.75, 3.05) is 34.0 Å². The van der Waals surface area contributed by atoms with E-state index in [1.807, 2.05) is 59.0 Å². The molecule has 0 aliphatic carbocycles. The molecule has 1 aromatic heterocycles. The highest BCUT2D eigenvalue weighted by Gasteiger charge is 2.31. The highest BCUT2D eigenvalue weighted by molar-refractivity contribution is 5.99. The predicted molar refractivity (Wildman–Crippen MR) is 116 cm³/mol. The third kappa shape index (κ3) is 3.75. The van der Waals surface area contributed by atoms with Gasteiger partial charge in [0.15, 0.2) is 0 Å². The molecular formula is C24H28N2O4. The van der Waals surface area contributed by atoms with Gasteiger partial charge in [0.25, 0.3) is 5.91 Å². The largest absolute Gasteiger partial charge is 0.497 e. The van der Waals surface area contributed by atoms with E-state index in [4.69, 9.17) is 14.2 Å². The maximum atomic E-state index is 13.8. The number of rotatable bonds is 7. The predicted octanol–water partition coefficient (Wildman–Crippen LogP) is 4.19. The fraction of sp³-hybridized carbons (Fsp3) is 0.375. The van der Waals surface area contributed by atoms with E-state index >= 15 is 0 Å². The summed E-state index contributed by atoms with van der Waals surface area (Å²) in [7, 11) is 5.27. The second-order valence-corrected chi connectivity index (χ2v) is 7.55. The van der Waals surface area contributed by atoms with E-state index in [9.17, 15) is 4.79 Å². The van der Waals surface area contributed by atoms with Gasteiger partial charge in [-0.05, 0) is 36.8 Å². The van der Waals surface area contributed by atoms with E-state index in [0.29, 0.717) is 25.5 Å². The van der Waals surface area contributed by atoms with E-state index < -0.39 is 0 Å². The van der Waals surface area contributed by atoms with Crippen molar-refractivity contribution in [3.8, 4) is 11.5 Å². The average molecular weight is 408 g/mol. The van der Waals surface area contributed by atoms with E-state index in [0.717, 1.165) is 40.8 Å². The smallest absolute Gasteiger partial charge is 0.271 e. The molecule has 2 heterocycles. The van der Waals surface area contributed by atoms with Crippen LogP contribution in [0.3, 0.4) is 0 Å². The monoisotopic (exact) mass is 408 g/mol. The number of ether oxygens (including phenoxy) is 3. The highest BCUT2D eigenvalue weighted by atomic mass is 16.5. The maximum Gasteiger partial charge on any atom is 0.271 e. The van der Waals surface area contributed by atoms with Crippen molar-refractivity contribution < 1.29 is 19.0 Å². The summed E-state index contributed by atoms with van der Waals surface area (Å²) in [5, 5.41) is 0.990. The van der Waals surface area contributed by atoms with Gasteiger partial charge in [-0.3, -0.25) is 4.79 Å². The molecule has 6 heteroatoms. The lowest BCUT2D eigenvalue weighted by Crippen LogP contribution is -2.39. The van der Waals surface area contributed by atoms with Gasteiger partial charge in [-0.2, -0.15) is 0 Å². The Morgan fingerprint density at radius 3 is 2.83 bits per heavy atom. The van der Waals surface area contributed by atoms with E-state index in [1.54, 1.807) is 14.2 Å². The van der Waals surface area contributed by atoms with E-state index in [-0.39, 0.29) is 11.9 Å². The van der Waals surface area contributed by atoms with Crippen LogP contribution in [0.4, 0.5) is 0 Å². The number of aryl methyl sites for hydroxylation is 1. The Balaban J connectivity index is 1.72. The van der Waals surface area contributed by atoms with E-state index in [2.05, 4.69) is 6.07 Å². The molecule has 3 aromatic rings. The number of hydrogen-bond acceptors (Lipinski definition) is 4. The van der Waals surface area contributed by atoms with Crippen molar-refractivity contribution in [3.63, 3.8) is 0 Å². The Hall–Kier alpha value is -2.99. The lowest BCUT2D eigenvalue weighted by atomic mass is 9.98. The summed E-state index contributed by atoms with van der Waals surface area (Å²) >= 11 is 0. The highest BCUT2D eigenvalue weighted by Crippen LogP contribution is 2.37. The zero-order valence-electron chi connectivity index (χ0n) is 17.8. The molecule has 0 spiro atoms. The van der Waals surface area contributed by atoms with Crippen LogP contribution in [0.25, 0.3) is 10.9 Å². The summed E-state index contributed by atoms with van der Waals surface area (Å²) < 4.78 is 18.4. The van der Waals surface area contributed by atoms with E-state index in [1.165, 1.54) is 0 Å². The summed E-state index contributed by atoms with van der Waals surface area (Å²) in [6.45, 7) is 1.83. The molecule has 0 fully saturated rings. The number of carbonyl (C=O) groups excluding carboxylic acids is 1. The standard InChI is InChI=1S/C24H28N2O4/c1-25-20-10-9-18(29-3)15-17(20)16-22(25)24(27)26(12-6-13-28-2)21-11-14-30-23-8-5-4-7-19(21)23/h4-5,7-10,15-16,21H,6,11-14H2,1-3H3. The minimum atomic E-state index is -0.0214. The molecule has 1 amide bonds. The Morgan fingerprint density at radius 2 is 2.03 bits per heavy atom. The number of aromatic nitrogens is 1. The minimum Gasteiger partial charge on any atom is -0.497 e. The summed E-state index contributed by atoms with van der Waals surface area (Å²) in [5.41, 5.74) is 2.73. The molecule has 1 aliphatic rings. The number of amides is 1. The molecule has 158 valence electrons. The van der Waals surface area contributed by atoms with Crippen LogP contribution in [-0.4, -0.2) is 49.4 Å². The first-order valence-corrected chi connectivity index (χ1v) is 10.3. The second-order valence-electron chi connectivity index (χ2n) is 7.55. The van der Waals surface area contributed by atoms with Crippen LogP contribution in [0.1, 0.15) is 34.9 Å². The molecular weight excluding hydrogens is 380 g/mol. The molecule has 0 bridgehead atoms. The van der Waals surface area contributed by atoms with Gasteiger partial charge in [0, 0.05) is 50.2 Å². The normalized spacial score (nSPS) is 15.5. The van der Waals surface area contributed by atoms with Gasteiger partial charge < -0.3 is 23.7 Å². The third-order valence-electron chi connectivity index (χ3n) is 5.78. The van der Waals surface area contributed by atoms with Gasteiger partial charge in [-0.1, -0.05) is 18.2 Å². The first-order chi connectivity index (χ1) is 14.6. The Morgan fingerprint density at radius 1 is 1.20 bits per heavy atom. The number of para-hydroxylation sites is 1. The van der Waals surface area contributed by atoms with Crippen molar-refractivity contribution >= 4 is 16.8 Å². The fourth-order valence-electron chi connectivity index (χ4n) is 4.23. The SMILES string of the molecule is COCCCN(C(=O)c1cc2cc(OC)ccc2n1C)C1CCOc2ccccc21. The molecule has 2 aromatic carbocycles. The van der Waals surface area contributed by atoms with Crippen molar-refractivity contribution in [1.82, 2.24) is 9.47 Å². The topological polar surface area (TPSA) is 52.9 Å². The van der Waals surface area contributed by atoms with Gasteiger partial charge in [0.05, 0.1) is 19.8 Å². The van der Waals surface area contributed by atoms with Crippen molar-refractivity contribution in [2.45, 2.75) is 18.9 Å². The maximum absolute atomic E-state index is 13.8. The van der Waals surface area contributed by atoms with Gasteiger partial charge >= 0.3 is 0 Å².